The minimum absolute atomic E-state index is 0.191. The minimum Gasteiger partial charge on any atom is -0.465 e. The molecule has 6 rings (SSSR count). The second kappa shape index (κ2) is 19.2. The average molecular weight is 977 g/mol. The molecular weight excluding hydrogens is 905 g/mol. The number of esters is 8. The quantitative estimate of drug-likeness (QED) is 0.165. The third-order valence-corrected chi connectivity index (χ3v) is 17.2. The lowest BCUT2D eigenvalue weighted by atomic mass is 9.32. The predicted octanol–water partition coefficient (Wildman–Crippen LogP) is 4.37. The summed E-state index contributed by atoms with van der Waals surface area (Å²) in [5.41, 5.74) is -4.86. The van der Waals surface area contributed by atoms with Gasteiger partial charge in [0.15, 0.2) is 12.2 Å². The highest BCUT2D eigenvalue weighted by molar-refractivity contribution is 5.79. The number of allylic oxidation sites excluding steroid dienone is 1. The third kappa shape index (κ3) is 9.52. The Morgan fingerprint density at radius 1 is 0.638 bits per heavy atom. The average Bonchev–Trinajstić information content (AvgIpc) is 3.20. The van der Waals surface area contributed by atoms with Crippen molar-refractivity contribution < 1.29 is 91.2 Å². The molecule has 0 aromatic heterocycles. The van der Waals surface area contributed by atoms with E-state index in [2.05, 4.69) is 19.9 Å². The second-order valence-electron chi connectivity index (χ2n) is 22.2. The van der Waals surface area contributed by atoms with Crippen LogP contribution in [0.1, 0.15) is 135 Å². The second-order valence-corrected chi connectivity index (χ2v) is 22.2. The highest BCUT2D eigenvalue weighted by Gasteiger charge is 2.75. The van der Waals surface area contributed by atoms with E-state index < -0.39 is 154 Å². The molecule has 0 aromatic rings. The Morgan fingerprint density at radius 2 is 1.19 bits per heavy atom. The molecule has 19 nitrogen and oxygen atoms in total. The number of fused-ring (bicyclic) bond motifs is 7. The van der Waals surface area contributed by atoms with Crippen molar-refractivity contribution in [1.29, 1.82) is 0 Å². The molecule has 17 atom stereocenters. The van der Waals surface area contributed by atoms with Crippen molar-refractivity contribution in [2.45, 2.75) is 190 Å². The summed E-state index contributed by atoms with van der Waals surface area (Å²) >= 11 is 0. The maximum atomic E-state index is 15.4. The normalized spacial score (nSPS) is 41.9. The smallest absolute Gasteiger partial charge is 0.315 e. The Bertz CT molecular complexity index is 2120. The summed E-state index contributed by atoms with van der Waals surface area (Å²) in [5.74, 6) is -7.56. The van der Waals surface area contributed by atoms with Crippen molar-refractivity contribution >= 4 is 47.8 Å². The Balaban J connectivity index is 1.45. The van der Waals surface area contributed by atoms with Crippen molar-refractivity contribution in [1.82, 2.24) is 0 Å². The summed E-state index contributed by atoms with van der Waals surface area (Å²) < 4.78 is 52.1. The Morgan fingerprint density at radius 3 is 1.75 bits per heavy atom. The first-order chi connectivity index (χ1) is 31.9. The predicted molar refractivity (Wildman–Crippen MR) is 237 cm³/mol. The van der Waals surface area contributed by atoms with Gasteiger partial charge >= 0.3 is 47.8 Å². The van der Waals surface area contributed by atoms with Gasteiger partial charge in [-0.1, -0.05) is 53.2 Å². The number of carbonyl (C=O) groups excluding carboxylic acids is 8. The summed E-state index contributed by atoms with van der Waals surface area (Å²) in [6.07, 6.45) is -7.88. The molecular formula is C50H72O19. The number of hydrogen-bond donors (Lipinski definition) is 2. The van der Waals surface area contributed by atoms with E-state index in [1.54, 1.807) is 6.92 Å². The fraction of sp³-hybridized carbons (Fsp3) is 0.800. The largest absolute Gasteiger partial charge is 0.465 e. The molecule has 17 unspecified atom stereocenters. The zero-order chi connectivity index (χ0) is 51.6. The fourth-order valence-corrected chi connectivity index (χ4v) is 14.3. The van der Waals surface area contributed by atoms with E-state index in [4.69, 9.17) is 42.6 Å². The van der Waals surface area contributed by atoms with Crippen LogP contribution in [0.25, 0.3) is 0 Å². The molecule has 1 aliphatic heterocycles. The lowest BCUT2D eigenvalue weighted by Crippen LogP contribution is -2.72. The molecule has 0 bridgehead atoms. The topological polar surface area (TPSA) is 260 Å². The summed E-state index contributed by atoms with van der Waals surface area (Å²) in [6.45, 7) is 19.4. The summed E-state index contributed by atoms with van der Waals surface area (Å²) in [6, 6.07) is 0. The van der Waals surface area contributed by atoms with Crippen molar-refractivity contribution in [2.24, 2.45) is 50.2 Å². The number of carbonyl (C=O) groups is 8. The van der Waals surface area contributed by atoms with Gasteiger partial charge in [-0.25, -0.2) is 0 Å². The standard InChI is InChI=1S/C50H72O19/c1-24(51)61-22-34-37(64-27(4)54)38(65-28(5)55)39(66-29(6)56)43(68-34)69-44(60)50-18-16-45(8,9)41(59)36(50)31-14-15-35-46(10)21-33(63-26(3)53)42(67-30(7)57)47(11,23-62-25(2)52)40(46)32(58)20-49(35,13)48(31,12)17-19-50/h14,32-43,58-59H,15-23H2,1-13H3. The van der Waals surface area contributed by atoms with Crippen LogP contribution >= 0.6 is 0 Å². The van der Waals surface area contributed by atoms with Gasteiger partial charge in [-0.15, -0.1) is 0 Å². The zero-order valence-corrected chi connectivity index (χ0v) is 42.2. The van der Waals surface area contributed by atoms with Gasteiger partial charge < -0.3 is 52.8 Å². The number of ether oxygens (including phenoxy) is 9. The number of aliphatic hydroxyl groups is 2. The van der Waals surface area contributed by atoms with Crippen LogP contribution in [0.5, 0.6) is 0 Å². The molecule has 0 radical (unpaired) electrons. The lowest BCUT2D eigenvalue weighted by molar-refractivity contribution is -0.306. The van der Waals surface area contributed by atoms with E-state index in [-0.39, 0.29) is 38.2 Å². The first-order valence-electron chi connectivity index (χ1n) is 23.9. The fourth-order valence-electron chi connectivity index (χ4n) is 14.3. The van der Waals surface area contributed by atoms with Crippen molar-refractivity contribution in [2.75, 3.05) is 13.2 Å². The summed E-state index contributed by atoms with van der Waals surface area (Å²) in [5, 5.41) is 25.4. The van der Waals surface area contributed by atoms with Gasteiger partial charge in [0.25, 0.3) is 0 Å². The van der Waals surface area contributed by atoms with Crippen LogP contribution in [-0.4, -0.2) is 126 Å². The first-order valence-corrected chi connectivity index (χ1v) is 23.9. The van der Waals surface area contributed by atoms with Gasteiger partial charge in [0.05, 0.1) is 17.6 Å². The molecule has 5 fully saturated rings. The summed E-state index contributed by atoms with van der Waals surface area (Å²) in [7, 11) is 0. The van der Waals surface area contributed by atoms with Crippen LogP contribution in [-0.2, 0) is 81.0 Å². The monoisotopic (exact) mass is 976 g/mol. The minimum atomic E-state index is -1.78. The molecule has 6 aliphatic rings. The highest BCUT2D eigenvalue weighted by atomic mass is 16.7. The first kappa shape index (κ1) is 53.7. The van der Waals surface area contributed by atoms with Gasteiger partial charge in [-0.2, -0.15) is 0 Å². The van der Waals surface area contributed by atoms with Crippen LogP contribution in [0.4, 0.5) is 0 Å². The Labute approximate surface area is 403 Å². The van der Waals surface area contributed by atoms with E-state index in [1.807, 2.05) is 20.8 Å². The van der Waals surface area contributed by atoms with Crippen LogP contribution in [0.2, 0.25) is 0 Å². The van der Waals surface area contributed by atoms with Gasteiger partial charge in [-0.05, 0) is 72.5 Å². The van der Waals surface area contributed by atoms with Crippen molar-refractivity contribution in [3.63, 3.8) is 0 Å². The third-order valence-electron chi connectivity index (χ3n) is 17.2. The molecule has 69 heavy (non-hydrogen) atoms. The van der Waals surface area contributed by atoms with Gasteiger partial charge in [0.2, 0.25) is 12.4 Å². The number of hydrogen-bond acceptors (Lipinski definition) is 19. The van der Waals surface area contributed by atoms with E-state index in [9.17, 15) is 43.8 Å². The SMILES string of the molecule is CC(=O)OCC1OC(OC(=O)C23CCC(C)(C)C(O)C2C2=CCC4C5(C)CC(OC(C)=O)C(OC(C)=O)C(C)(COC(C)=O)C5C(O)CC4(C)C2(C)CC3)C(OC(C)=O)C(OC(C)=O)C1OC(C)=O. The highest BCUT2D eigenvalue weighted by Crippen LogP contribution is 2.76. The van der Waals surface area contributed by atoms with E-state index >= 15 is 4.79 Å². The maximum Gasteiger partial charge on any atom is 0.315 e. The van der Waals surface area contributed by atoms with Crippen LogP contribution in [0.3, 0.4) is 0 Å². The molecule has 0 spiro atoms. The Kier molecular flexibility index (Phi) is 14.9. The zero-order valence-electron chi connectivity index (χ0n) is 42.2. The van der Waals surface area contributed by atoms with Crippen molar-refractivity contribution in [3.8, 4) is 0 Å². The number of aliphatic hydroxyl groups excluding tert-OH is 2. The molecule has 2 N–H and O–H groups in total. The van der Waals surface area contributed by atoms with Gasteiger partial charge in [-0.3, -0.25) is 38.4 Å². The van der Waals surface area contributed by atoms with E-state index in [0.29, 0.717) is 19.3 Å². The molecule has 0 aromatic carbocycles. The van der Waals surface area contributed by atoms with E-state index in [1.165, 1.54) is 20.8 Å². The molecule has 1 heterocycles. The molecule has 1 saturated heterocycles. The van der Waals surface area contributed by atoms with E-state index in [0.717, 1.165) is 33.3 Å². The van der Waals surface area contributed by atoms with Crippen LogP contribution in [0.15, 0.2) is 11.6 Å². The lowest BCUT2D eigenvalue weighted by Gasteiger charge is -2.72. The molecule has 0 amide bonds. The van der Waals surface area contributed by atoms with Crippen LogP contribution in [0, 0.1) is 50.2 Å². The molecule has 5 aliphatic carbocycles. The molecule has 4 saturated carbocycles. The number of rotatable bonds is 11. The Hall–Kier alpha value is -4.62. The molecule has 19 heteroatoms. The van der Waals surface area contributed by atoms with Gasteiger partial charge in [0.1, 0.15) is 31.5 Å². The van der Waals surface area contributed by atoms with Crippen molar-refractivity contribution in [3.05, 3.63) is 11.6 Å². The van der Waals surface area contributed by atoms with Crippen LogP contribution < -0.4 is 0 Å². The molecule has 386 valence electrons. The maximum absolute atomic E-state index is 15.4. The summed E-state index contributed by atoms with van der Waals surface area (Å²) in [4.78, 5) is 103. The van der Waals surface area contributed by atoms with Gasteiger partial charge in [0, 0.05) is 65.7 Å².